The summed E-state index contributed by atoms with van der Waals surface area (Å²) in [5, 5.41) is 8.98. The van der Waals surface area contributed by atoms with Crippen molar-refractivity contribution in [1.29, 1.82) is 0 Å². The number of nitrogens with zero attached hydrogens (tertiary/aromatic N) is 1. The number of aliphatic hydroxyl groups is 1. The predicted octanol–water partition coefficient (Wildman–Crippen LogP) is 0.918. The third-order valence-electron chi connectivity index (χ3n) is 3.63. The molecule has 1 aliphatic rings. The van der Waals surface area contributed by atoms with Crippen LogP contribution in [0, 0.1) is 12.8 Å². The summed E-state index contributed by atoms with van der Waals surface area (Å²) in [7, 11) is 0. The van der Waals surface area contributed by atoms with Crippen LogP contribution in [0.15, 0.2) is 17.1 Å². The molecule has 2 heterocycles. The van der Waals surface area contributed by atoms with Crippen LogP contribution >= 0.6 is 0 Å². The molecule has 0 bridgehead atoms. The summed E-state index contributed by atoms with van der Waals surface area (Å²) in [6.45, 7) is 3.26. The maximum absolute atomic E-state index is 12.3. The van der Waals surface area contributed by atoms with E-state index in [1.807, 2.05) is 0 Å². The first-order valence-corrected chi connectivity index (χ1v) is 6.71. The van der Waals surface area contributed by atoms with Gasteiger partial charge < -0.3 is 15.0 Å². The Bertz CT molecular complexity index is 508. The van der Waals surface area contributed by atoms with E-state index in [1.165, 1.54) is 12.3 Å². The van der Waals surface area contributed by atoms with Gasteiger partial charge >= 0.3 is 0 Å². The molecule has 0 saturated carbocycles. The molecular weight excluding hydrogens is 244 g/mol. The number of aromatic amines is 1. The van der Waals surface area contributed by atoms with Crippen LogP contribution in [0.3, 0.4) is 0 Å². The first kappa shape index (κ1) is 13.8. The van der Waals surface area contributed by atoms with E-state index in [4.69, 9.17) is 5.11 Å². The Hall–Kier alpha value is -1.62. The van der Waals surface area contributed by atoms with Crippen LogP contribution in [-0.4, -0.2) is 40.6 Å². The normalized spacial score (nSPS) is 19.5. The van der Waals surface area contributed by atoms with E-state index >= 15 is 0 Å². The number of hydrogen-bond acceptors (Lipinski definition) is 3. The molecule has 19 heavy (non-hydrogen) atoms. The molecule has 1 aromatic rings. The number of pyridine rings is 1. The quantitative estimate of drug-likeness (QED) is 0.852. The lowest BCUT2D eigenvalue weighted by molar-refractivity contribution is 0.0652. The minimum atomic E-state index is -0.231. The molecule has 0 aromatic carbocycles. The number of likely N-dealkylation sites (tertiary alicyclic amines) is 1. The Morgan fingerprint density at radius 1 is 1.58 bits per heavy atom. The Morgan fingerprint density at radius 2 is 2.37 bits per heavy atom. The highest BCUT2D eigenvalue weighted by atomic mass is 16.3. The average Bonchev–Trinajstić information content (AvgIpc) is 2.39. The summed E-state index contributed by atoms with van der Waals surface area (Å²) in [6, 6.07) is 1.45. The van der Waals surface area contributed by atoms with Crippen molar-refractivity contribution in [1.82, 2.24) is 9.88 Å². The number of amides is 1. The SMILES string of the molecule is Cc1cc(=O)c(C(=O)N2CCCC(CCO)C2)c[nH]1. The largest absolute Gasteiger partial charge is 0.396 e. The van der Waals surface area contributed by atoms with Gasteiger partial charge in [0.05, 0.1) is 0 Å². The Morgan fingerprint density at radius 3 is 3.05 bits per heavy atom. The summed E-state index contributed by atoms with van der Waals surface area (Å²) >= 11 is 0. The smallest absolute Gasteiger partial charge is 0.259 e. The van der Waals surface area contributed by atoms with E-state index in [9.17, 15) is 9.59 Å². The van der Waals surface area contributed by atoms with Crippen molar-refractivity contribution in [3.63, 3.8) is 0 Å². The van der Waals surface area contributed by atoms with Crippen molar-refractivity contribution in [3.8, 4) is 0 Å². The van der Waals surface area contributed by atoms with Crippen LogP contribution in [0.4, 0.5) is 0 Å². The average molecular weight is 264 g/mol. The van der Waals surface area contributed by atoms with Crippen molar-refractivity contribution in [2.75, 3.05) is 19.7 Å². The Balaban J connectivity index is 2.12. The van der Waals surface area contributed by atoms with Crippen molar-refractivity contribution >= 4 is 5.91 Å². The van der Waals surface area contributed by atoms with Crippen LogP contribution in [0.25, 0.3) is 0 Å². The molecule has 1 amide bonds. The van der Waals surface area contributed by atoms with Crippen LogP contribution in [0.5, 0.6) is 0 Å². The van der Waals surface area contributed by atoms with Gasteiger partial charge in [-0.05, 0) is 32.1 Å². The molecule has 2 rings (SSSR count). The van der Waals surface area contributed by atoms with Crippen LogP contribution in [-0.2, 0) is 0 Å². The predicted molar refractivity (Wildman–Crippen MR) is 72.1 cm³/mol. The summed E-state index contributed by atoms with van der Waals surface area (Å²) in [5.41, 5.74) is 0.721. The monoisotopic (exact) mass is 264 g/mol. The summed E-state index contributed by atoms with van der Waals surface area (Å²) in [6.07, 6.45) is 4.18. The maximum Gasteiger partial charge on any atom is 0.259 e. The number of H-pyrrole nitrogens is 1. The van der Waals surface area contributed by atoms with Crippen molar-refractivity contribution < 1.29 is 9.90 Å². The lowest BCUT2D eigenvalue weighted by Crippen LogP contribution is -2.41. The first-order valence-electron chi connectivity index (χ1n) is 6.71. The number of rotatable bonds is 3. The second kappa shape index (κ2) is 6.02. The van der Waals surface area contributed by atoms with Gasteiger partial charge in [-0.2, -0.15) is 0 Å². The second-order valence-electron chi connectivity index (χ2n) is 5.17. The molecule has 1 aliphatic heterocycles. The molecule has 0 aliphatic carbocycles. The van der Waals surface area contributed by atoms with Crippen molar-refractivity contribution in [2.24, 2.45) is 5.92 Å². The van der Waals surface area contributed by atoms with Gasteiger partial charge in [0.15, 0.2) is 5.43 Å². The molecule has 1 fully saturated rings. The zero-order valence-corrected chi connectivity index (χ0v) is 11.2. The van der Waals surface area contributed by atoms with Gasteiger partial charge in [-0.25, -0.2) is 0 Å². The minimum Gasteiger partial charge on any atom is -0.396 e. The Kier molecular flexibility index (Phi) is 4.37. The molecule has 0 radical (unpaired) electrons. The van der Waals surface area contributed by atoms with Gasteiger partial charge in [0.2, 0.25) is 0 Å². The number of carbonyl (C=O) groups is 1. The fourth-order valence-electron chi connectivity index (χ4n) is 2.58. The van der Waals surface area contributed by atoms with E-state index in [-0.39, 0.29) is 23.5 Å². The molecule has 5 nitrogen and oxygen atoms in total. The fourth-order valence-corrected chi connectivity index (χ4v) is 2.58. The molecule has 104 valence electrons. The number of piperidine rings is 1. The summed E-state index contributed by atoms with van der Waals surface area (Å²) in [4.78, 5) is 28.8. The van der Waals surface area contributed by atoms with Gasteiger partial charge in [-0.1, -0.05) is 0 Å². The van der Waals surface area contributed by atoms with Gasteiger partial charge in [0.1, 0.15) is 5.56 Å². The standard InChI is InChI=1S/C14H20N2O3/c1-10-7-13(18)12(8-15-10)14(19)16-5-2-3-11(9-16)4-6-17/h7-8,11,17H,2-6,9H2,1H3,(H,15,18). The molecule has 1 atom stereocenters. The number of nitrogens with one attached hydrogen (secondary N) is 1. The van der Waals surface area contributed by atoms with Crippen LogP contribution in [0.2, 0.25) is 0 Å². The molecule has 1 aromatic heterocycles. The van der Waals surface area contributed by atoms with Gasteiger partial charge in [0.25, 0.3) is 5.91 Å². The number of carbonyl (C=O) groups excluding carboxylic acids is 1. The van der Waals surface area contributed by atoms with Gasteiger partial charge in [0, 0.05) is 37.7 Å². The van der Waals surface area contributed by atoms with Crippen LogP contribution in [0.1, 0.15) is 35.3 Å². The molecule has 5 heteroatoms. The highest BCUT2D eigenvalue weighted by Gasteiger charge is 2.25. The van der Waals surface area contributed by atoms with E-state index in [0.29, 0.717) is 25.4 Å². The molecule has 0 spiro atoms. The highest BCUT2D eigenvalue weighted by molar-refractivity contribution is 5.93. The topological polar surface area (TPSA) is 73.4 Å². The number of aliphatic hydroxyl groups excluding tert-OH is 1. The third-order valence-corrected chi connectivity index (χ3v) is 3.63. The van der Waals surface area contributed by atoms with E-state index in [2.05, 4.69) is 4.98 Å². The van der Waals surface area contributed by atoms with E-state index < -0.39 is 0 Å². The minimum absolute atomic E-state index is 0.151. The van der Waals surface area contributed by atoms with Crippen molar-refractivity contribution in [3.05, 3.63) is 33.7 Å². The fraction of sp³-hybridized carbons (Fsp3) is 0.571. The zero-order chi connectivity index (χ0) is 13.8. The summed E-state index contributed by atoms with van der Waals surface area (Å²) in [5.74, 6) is 0.135. The Labute approximate surface area is 112 Å². The van der Waals surface area contributed by atoms with Crippen molar-refractivity contribution in [2.45, 2.75) is 26.2 Å². The highest BCUT2D eigenvalue weighted by Crippen LogP contribution is 2.20. The summed E-state index contributed by atoms with van der Waals surface area (Å²) < 4.78 is 0. The second-order valence-corrected chi connectivity index (χ2v) is 5.17. The maximum atomic E-state index is 12.3. The molecule has 1 saturated heterocycles. The van der Waals surface area contributed by atoms with E-state index in [1.54, 1.807) is 11.8 Å². The van der Waals surface area contributed by atoms with Crippen LogP contribution < -0.4 is 5.43 Å². The number of hydrogen-bond donors (Lipinski definition) is 2. The molecule has 1 unspecified atom stereocenters. The lowest BCUT2D eigenvalue weighted by Gasteiger charge is -2.32. The number of aromatic nitrogens is 1. The van der Waals surface area contributed by atoms with Gasteiger partial charge in [-0.3, -0.25) is 9.59 Å². The molecule has 2 N–H and O–H groups in total. The zero-order valence-electron chi connectivity index (χ0n) is 11.2. The lowest BCUT2D eigenvalue weighted by atomic mass is 9.95. The number of aryl methyl sites for hydroxylation is 1. The van der Waals surface area contributed by atoms with Gasteiger partial charge in [-0.15, -0.1) is 0 Å². The third kappa shape index (κ3) is 3.23. The first-order chi connectivity index (χ1) is 9.11. The van der Waals surface area contributed by atoms with E-state index in [0.717, 1.165) is 18.5 Å². The molecular formula is C14H20N2O3.